The smallest absolute Gasteiger partial charge is 0.162 e. The Morgan fingerprint density at radius 2 is 2.06 bits per heavy atom. The zero-order valence-electron chi connectivity index (χ0n) is 11.0. The van der Waals surface area contributed by atoms with Crippen LogP contribution in [0.2, 0.25) is 0 Å². The molecule has 2 rings (SSSR count). The van der Waals surface area contributed by atoms with Crippen LogP contribution in [0.1, 0.15) is 58.3 Å². The third-order valence-electron chi connectivity index (χ3n) is 3.09. The molecule has 0 aliphatic carbocycles. The maximum Gasteiger partial charge on any atom is 0.162 e. The van der Waals surface area contributed by atoms with Crippen LogP contribution >= 0.6 is 0 Å². The second-order valence-corrected chi connectivity index (χ2v) is 5.65. The summed E-state index contributed by atoms with van der Waals surface area (Å²) in [7, 11) is 0. The van der Waals surface area contributed by atoms with E-state index in [2.05, 4.69) is 37.9 Å². The molecule has 1 aromatic rings. The maximum absolute atomic E-state index is 9.33. The Morgan fingerprint density at radius 3 is 2.53 bits per heavy atom. The molecule has 0 bridgehead atoms. The van der Waals surface area contributed by atoms with Crippen LogP contribution in [0.15, 0.2) is 0 Å². The van der Waals surface area contributed by atoms with E-state index >= 15 is 0 Å². The van der Waals surface area contributed by atoms with Crippen LogP contribution in [0.4, 0.5) is 0 Å². The summed E-state index contributed by atoms with van der Waals surface area (Å²) in [5.41, 5.74) is -0.147. The van der Waals surface area contributed by atoms with Crippen molar-refractivity contribution in [1.29, 1.82) is 0 Å². The molecule has 1 aliphatic rings. The molecule has 2 heterocycles. The zero-order chi connectivity index (χ0) is 12.6. The summed E-state index contributed by atoms with van der Waals surface area (Å²) < 4.78 is 7.83. The molecule has 2 atom stereocenters. The molecule has 0 aromatic carbocycles. The van der Waals surface area contributed by atoms with E-state index in [1.807, 2.05) is 4.57 Å². The molecule has 0 amide bonds. The first-order valence-electron chi connectivity index (χ1n) is 6.14. The van der Waals surface area contributed by atoms with Gasteiger partial charge in [0.25, 0.3) is 0 Å². The average molecular weight is 239 g/mol. The standard InChI is InChI=1S/C12H21N3O2/c1-8-5-6-9(17-8)11-14-13-10(7-16)15(11)12(2,3)4/h8-9,16H,5-7H2,1-4H3. The van der Waals surface area contributed by atoms with Crippen molar-refractivity contribution < 1.29 is 9.84 Å². The highest BCUT2D eigenvalue weighted by atomic mass is 16.5. The van der Waals surface area contributed by atoms with Gasteiger partial charge in [-0.25, -0.2) is 0 Å². The average Bonchev–Trinajstić information content (AvgIpc) is 2.81. The first kappa shape index (κ1) is 12.5. The van der Waals surface area contributed by atoms with Gasteiger partial charge in [-0.1, -0.05) is 0 Å². The van der Waals surface area contributed by atoms with Crippen LogP contribution in [0.3, 0.4) is 0 Å². The minimum absolute atomic E-state index is 0.0111. The summed E-state index contributed by atoms with van der Waals surface area (Å²) in [5, 5.41) is 17.6. The van der Waals surface area contributed by atoms with Crippen molar-refractivity contribution in [3.63, 3.8) is 0 Å². The van der Waals surface area contributed by atoms with Gasteiger partial charge in [0.05, 0.1) is 6.10 Å². The molecule has 1 aromatic heterocycles. The molecule has 1 fully saturated rings. The number of ether oxygens (including phenoxy) is 1. The number of hydrogen-bond donors (Lipinski definition) is 1. The molecule has 1 N–H and O–H groups in total. The topological polar surface area (TPSA) is 60.2 Å². The van der Waals surface area contributed by atoms with Crippen molar-refractivity contribution in [2.24, 2.45) is 0 Å². The van der Waals surface area contributed by atoms with Crippen molar-refractivity contribution in [3.8, 4) is 0 Å². The SMILES string of the molecule is CC1CCC(c2nnc(CO)n2C(C)(C)C)O1. The molecule has 0 radical (unpaired) electrons. The molecule has 1 saturated heterocycles. The fourth-order valence-electron chi connectivity index (χ4n) is 2.36. The van der Waals surface area contributed by atoms with Crippen LogP contribution in [0.25, 0.3) is 0 Å². The Morgan fingerprint density at radius 1 is 1.35 bits per heavy atom. The fourth-order valence-corrected chi connectivity index (χ4v) is 2.36. The number of rotatable bonds is 2. The molecular weight excluding hydrogens is 218 g/mol. The van der Waals surface area contributed by atoms with Gasteiger partial charge in [0.2, 0.25) is 0 Å². The third-order valence-corrected chi connectivity index (χ3v) is 3.09. The molecule has 5 nitrogen and oxygen atoms in total. The lowest BCUT2D eigenvalue weighted by atomic mass is 10.1. The largest absolute Gasteiger partial charge is 0.388 e. The van der Waals surface area contributed by atoms with E-state index in [0.717, 1.165) is 18.7 Å². The second kappa shape index (κ2) is 4.38. The van der Waals surface area contributed by atoms with Crippen LogP contribution in [-0.2, 0) is 16.9 Å². The van der Waals surface area contributed by atoms with Crippen molar-refractivity contribution >= 4 is 0 Å². The normalized spacial score (nSPS) is 25.5. The van der Waals surface area contributed by atoms with Crippen molar-refractivity contribution in [3.05, 3.63) is 11.6 Å². The Bertz CT molecular complexity index is 395. The summed E-state index contributed by atoms with van der Waals surface area (Å²) in [6, 6.07) is 0. The van der Waals surface area contributed by atoms with Gasteiger partial charge in [0.1, 0.15) is 12.7 Å². The predicted octanol–water partition coefficient (Wildman–Crippen LogP) is 1.77. The maximum atomic E-state index is 9.33. The molecule has 17 heavy (non-hydrogen) atoms. The molecule has 5 heteroatoms. The van der Waals surface area contributed by atoms with E-state index in [1.54, 1.807) is 0 Å². The number of aliphatic hydroxyl groups excluding tert-OH is 1. The molecule has 1 aliphatic heterocycles. The Hall–Kier alpha value is -0.940. The van der Waals surface area contributed by atoms with E-state index in [0.29, 0.717) is 5.82 Å². The predicted molar refractivity (Wildman–Crippen MR) is 63.5 cm³/mol. The van der Waals surface area contributed by atoms with Gasteiger partial charge in [-0.3, -0.25) is 0 Å². The second-order valence-electron chi connectivity index (χ2n) is 5.65. The van der Waals surface area contributed by atoms with Gasteiger partial charge in [-0.05, 0) is 40.5 Å². The van der Waals surface area contributed by atoms with Crippen molar-refractivity contribution in [1.82, 2.24) is 14.8 Å². The molecule has 0 saturated carbocycles. The highest BCUT2D eigenvalue weighted by Crippen LogP contribution is 2.34. The minimum atomic E-state index is -0.147. The van der Waals surface area contributed by atoms with E-state index in [1.165, 1.54) is 0 Å². The van der Waals surface area contributed by atoms with Gasteiger partial charge >= 0.3 is 0 Å². The lowest BCUT2D eigenvalue weighted by Gasteiger charge is -2.26. The quantitative estimate of drug-likeness (QED) is 0.854. The van der Waals surface area contributed by atoms with Crippen molar-refractivity contribution in [2.45, 2.75) is 64.9 Å². The highest BCUT2D eigenvalue weighted by molar-refractivity contribution is 5.05. The molecule has 96 valence electrons. The summed E-state index contributed by atoms with van der Waals surface area (Å²) in [6.07, 6.45) is 2.32. The molecule has 0 spiro atoms. The van der Waals surface area contributed by atoms with E-state index in [4.69, 9.17) is 4.74 Å². The Labute approximate surface area is 102 Å². The van der Waals surface area contributed by atoms with Gasteiger partial charge in [-0.2, -0.15) is 0 Å². The number of hydrogen-bond acceptors (Lipinski definition) is 4. The third kappa shape index (κ3) is 2.35. The number of nitrogens with zero attached hydrogens (tertiary/aromatic N) is 3. The van der Waals surface area contributed by atoms with E-state index in [-0.39, 0.29) is 24.4 Å². The minimum Gasteiger partial charge on any atom is -0.388 e. The Kier molecular flexibility index (Phi) is 3.23. The molecular formula is C12H21N3O2. The van der Waals surface area contributed by atoms with Crippen LogP contribution in [0.5, 0.6) is 0 Å². The lowest BCUT2D eigenvalue weighted by molar-refractivity contribution is 0.0451. The zero-order valence-corrected chi connectivity index (χ0v) is 11.0. The number of aromatic nitrogens is 3. The summed E-state index contributed by atoms with van der Waals surface area (Å²) in [5.74, 6) is 1.45. The van der Waals surface area contributed by atoms with Crippen LogP contribution in [0, 0.1) is 0 Å². The first-order valence-corrected chi connectivity index (χ1v) is 6.14. The summed E-state index contributed by atoms with van der Waals surface area (Å²) >= 11 is 0. The summed E-state index contributed by atoms with van der Waals surface area (Å²) in [6.45, 7) is 8.23. The first-order chi connectivity index (χ1) is 7.93. The lowest BCUT2D eigenvalue weighted by Crippen LogP contribution is -2.27. The van der Waals surface area contributed by atoms with Gasteiger partial charge in [0, 0.05) is 5.54 Å². The fraction of sp³-hybridized carbons (Fsp3) is 0.833. The number of aliphatic hydroxyl groups is 1. The van der Waals surface area contributed by atoms with Crippen LogP contribution in [-0.4, -0.2) is 26.0 Å². The van der Waals surface area contributed by atoms with E-state index in [9.17, 15) is 5.11 Å². The highest BCUT2D eigenvalue weighted by Gasteiger charge is 2.32. The Balaban J connectivity index is 2.37. The van der Waals surface area contributed by atoms with Gasteiger partial charge < -0.3 is 14.4 Å². The van der Waals surface area contributed by atoms with Crippen LogP contribution < -0.4 is 0 Å². The van der Waals surface area contributed by atoms with Gasteiger partial charge in [-0.15, -0.1) is 10.2 Å². The van der Waals surface area contributed by atoms with Gasteiger partial charge in [0.15, 0.2) is 11.6 Å². The van der Waals surface area contributed by atoms with Crippen molar-refractivity contribution in [2.75, 3.05) is 0 Å². The molecule has 2 unspecified atom stereocenters. The summed E-state index contributed by atoms with van der Waals surface area (Å²) in [4.78, 5) is 0. The van der Waals surface area contributed by atoms with E-state index < -0.39 is 0 Å². The monoisotopic (exact) mass is 239 g/mol.